The number of anilines is 1. The molecule has 2 rings (SSSR count). The first-order chi connectivity index (χ1) is 11.3. The molecule has 132 valence electrons. The molecule has 1 heterocycles. The van der Waals surface area contributed by atoms with Gasteiger partial charge in [-0.1, -0.05) is 43.6 Å². The van der Waals surface area contributed by atoms with Crippen molar-refractivity contribution >= 4 is 62.2 Å². The molecular weight excluding hydrogens is 417 g/mol. The molecule has 6 nitrogen and oxygen atoms in total. The number of benzene rings is 1. The van der Waals surface area contributed by atoms with Gasteiger partial charge < -0.3 is 0 Å². The maximum absolute atomic E-state index is 11.6. The first kappa shape index (κ1) is 23.0. The first-order valence-electron chi connectivity index (χ1n) is 6.55. The molecule has 1 amide bonds. The van der Waals surface area contributed by atoms with Crippen molar-refractivity contribution in [3.8, 4) is 0 Å². The lowest BCUT2D eigenvalue weighted by Gasteiger charge is -2.06. The van der Waals surface area contributed by atoms with Gasteiger partial charge in [0, 0.05) is 5.56 Å². The summed E-state index contributed by atoms with van der Waals surface area (Å²) in [5.41, 5.74) is 5.70. The van der Waals surface area contributed by atoms with Gasteiger partial charge in [-0.15, -0.1) is 10.2 Å². The van der Waals surface area contributed by atoms with Crippen molar-refractivity contribution in [3.63, 3.8) is 0 Å². The Morgan fingerprint density at radius 3 is 2.00 bits per heavy atom. The standard InChI is InChI=1S/C11H9ClN4O.C2H6.Cl3OP/c12-9-6-7-10(14-13-9)15-16-11(17)8-4-2-1-3-5-8;1-2;1-5(2,3)4/h1-7H,(H,14,15)(H,16,17);1-2H3;. The third kappa shape index (κ3) is 12.4. The third-order valence-corrected chi connectivity index (χ3v) is 2.17. The predicted molar refractivity (Wildman–Crippen MR) is 101 cm³/mol. The van der Waals surface area contributed by atoms with Gasteiger partial charge in [-0.05, 0) is 58.0 Å². The van der Waals surface area contributed by atoms with Gasteiger partial charge in [-0.3, -0.25) is 20.2 Å². The number of hydrogen-bond donors (Lipinski definition) is 2. The molecule has 0 fully saturated rings. The Bertz CT molecular complexity index is 645. The van der Waals surface area contributed by atoms with Crippen molar-refractivity contribution in [3.05, 3.63) is 53.2 Å². The van der Waals surface area contributed by atoms with Crippen LogP contribution in [0.2, 0.25) is 5.15 Å². The Morgan fingerprint density at radius 1 is 1.00 bits per heavy atom. The normalized spacial score (nSPS) is 9.58. The van der Waals surface area contributed by atoms with E-state index in [1.165, 1.54) is 0 Å². The Hall–Kier alpha value is -1.04. The highest BCUT2D eigenvalue weighted by Gasteiger charge is 2.04. The zero-order chi connectivity index (χ0) is 18.6. The van der Waals surface area contributed by atoms with E-state index in [2.05, 4.69) is 54.8 Å². The van der Waals surface area contributed by atoms with Crippen LogP contribution in [0.15, 0.2) is 42.5 Å². The minimum atomic E-state index is -3.22. The van der Waals surface area contributed by atoms with Crippen LogP contribution in [0.4, 0.5) is 5.82 Å². The van der Waals surface area contributed by atoms with E-state index in [1.807, 2.05) is 19.9 Å². The monoisotopic (exact) mass is 430 g/mol. The number of hydrogen-bond acceptors (Lipinski definition) is 5. The van der Waals surface area contributed by atoms with Crippen LogP contribution in [0, 0.1) is 0 Å². The van der Waals surface area contributed by atoms with Crippen LogP contribution < -0.4 is 10.9 Å². The molecule has 0 radical (unpaired) electrons. The predicted octanol–water partition coefficient (Wildman–Crippen LogP) is 5.72. The van der Waals surface area contributed by atoms with Crippen molar-refractivity contribution in [2.75, 3.05) is 5.43 Å². The second kappa shape index (κ2) is 12.3. The fraction of sp³-hybridized carbons (Fsp3) is 0.154. The lowest BCUT2D eigenvalue weighted by atomic mass is 10.2. The zero-order valence-corrected chi connectivity index (χ0v) is 16.6. The molecule has 0 saturated heterocycles. The minimum Gasteiger partial charge on any atom is -0.280 e. The van der Waals surface area contributed by atoms with Crippen molar-refractivity contribution in [1.82, 2.24) is 15.6 Å². The van der Waals surface area contributed by atoms with Gasteiger partial charge in [0.25, 0.3) is 5.91 Å². The van der Waals surface area contributed by atoms with E-state index in [1.54, 1.807) is 36.4 Å². The molecule has 0 saturated carbocycles. The molecule has 0 bridgehead atoms. The van der Waals surface area contributed by atoms with E-state index >= 15 is 0 Å². The fourth-order valence-corrected chi connectivity index (χ4v) is 1.27. The molecule has 0 aliphatic heterocycles. The highest BCUT2D eigenvalue weighted by atomic mass is 36.0. The summed E-state index contributed by atoms with van der Waals surface area (Å²) in [6.07, 6.45) is 0. The number of rotatable bonds is 3. The van der Waals surface area contributed by atoms with Gasteiger partial charge in [0.15, 0.2) is 11.0 Å². The van der Waals surface area contributed by atoms with Gasteiger partial charge in [-0.25, -0.2) is 0 Å². The van der Waals surface area contributed by atoms with Crippen molar-refractivity contribution in [2.45, 2.75) is 13.8 Å². The Kier molecular flexibility index (Phi) is 11.8. The Balaban J connectivity index is 0.000000650. The van der Waals surface area contributed by atoms with Gasteiger partial charge in [0.1, 0.15) is 0 Å². The van der Waals surface area contributed by atoms with Crippen molar-refractivity contribution < 1.29 is 9.36 Å². The molecule has 24 heavy (non-hydrogen) atoms. The second-order valence-electron chi connectivity index (χ2n) is 3.59. The summed E-state index contributed by atoms with van der Waals surface area (Å²) >= 11 is 19.4. The van der Waals surface area contributed by atoms with E-state index in [0.717, 1.165) is 0 Å². The molecule has 2 N–H and O–H groups in total. The number of hydrazine groups is 1. The number of amides is 1. The molecule has 1 aromatic carbocycles. The molecule has 2 aromatic rings. The first-order valence-corrected chi connectivity index (χ1v) is 11.4. The lowest BCUT2D eigenvalue weighted by molar-refractivity contribution is 0.0962. The average molecular weight is 432 g/mol. The summed E-state index contributed by atoms with van der Waals surface area (Å²) in [5.74, 6) is 0.168. The molecule has 0 aliphatic rings. The summed E-state index contributed by atoms with van der Waals surface area (Å²) in [6, 6.07) is 12.0. The fourth-order valence-electron chi connectivity index (χ4n) is 1.17. The molecule has 1 aromatic heterocycles. The third-order valence-electron chi connectivity index (χ3n) is 1.97. The lowest BCUT2D eigenvalue weighted by Crippen LogP contribution is -2.29. The van der Waals surface area contributed by atoms with Crippen LogP contribution in [0.3, 0.4) is 0 Å². The summed E-state index contributed by atoms with van der Waals surface area (Å²) in [5, 5.41) is 4.44. The second-order valence-corrected chi connectivity index (χ2v) is 10.6. The largest absolute Gasteiger partial charge is 0.339 e. The van der Waals surface area contributed by atoms with E-state index in [4.69, 9.17) is 11.6 Å². The molecule has 0 spiro atoms. The van der Waals surface area contributed by atoms with Crippen molar-refractivity contribution in [2.24, 2.45) is 0 Å². The number of carbonyl (C=O) groups is 1. The summed E-state index contributed by atoms with van der Waals surface area (Å²) in [7, 11) is 0. The number of halogens is 4. The van der Waals surface area contributed by atoms with Crippen LogP contribution in [0.5, 0.6) is 0 Å². The van der Waals surface area contributed by atoms with Crippen LogP contribution in [0.25, 0.3) is 0 Å². The maximum Gasteiger partial charge on any atom is 0.339 e. The van der Waals surface area contributed by atoms with E-state index in [-0.39, 0.29) is 5.91 Å². The highest BCUT2D eigenvalue weighted by Crippen LogP contribution is 2.61. The molecule has 0 aliphatic carbocycles. The van der Waals surface area contributed by atoms with Crippen LogP contribution in [-0.2, 0) is 4.57 Å². The van der Waals surface area contributed by atoms with Gasteiger partial charge in [0.2, 0.25) is 0 Å². The minimum absolute atomic E-state index is 0.248. The summed E-state index contributed by atoms with van der Waals surface area (Å²) in [6.45, 7) is 4.00. The van der Waals surface area contributed by atoms with Gasteiger partial charge >= 0.3 is 5.20 Å². The topological polar surface area (TPSA) is 84.0 Å². The van der Waals surface area contributed by atoms with E-state index in [9.17, 15) is 9.36 Å². The molecule has 0 unspecified atom stereocenters. The number of nitrogens with one attached hydrogen (secondary N) is 2. The SMILES string of the molecule is CC.O=C(NNc1ccc(Cl)nn1)c1ccccc1.O=P(Cl)(Cl)Cl. The molecular formula is C13H15Cl4N4O2P. The maximum atomic E-state index is 11.6. The molecule has 11 heteroatoms. The van der Waals surface area contributed by atoms with Crippen LogP contribution in [-0.4, -0.2) is 16.1 Å². The van der Waals surface area contributed by atoms with E-state index in [0.29, 0.717) is 16.5 Å². The molecule has 0 atom stereocenters. The summed E-state index contributed by atoms with van der Waals surface area (Å²) in [4.78, 5) is 11.6. The smallest absolute Gasteiger partial charge is 0.280 e. The van der Waals surface area contributed by atoms with Gasteiger partial charge in [-0.2, -0.15) is 0 Å². The average Bonchev–Trinajstić information content (AvgIpc) is 2.55. The zero-order valence-electron chi connectivity index (χ0n) is 12.7. The highest BCUT2D eigenvalue weighted by molar-refractivity contribution is 8.24. The quantitative estimate of drug-likeness (QED) is 0.479. The number of carbonyl (C=O) groups excluding carboxylic acids is 1. The Morgan fingerprint density at radius 2 is 1.54 bits per heavy atom. The summed E-state index contributed by atoms with van der Waals surface area (Å²) < 4.78 is 9.51. The Labute approximate surface area is 159 Å². The number of nitrogens with zero attached hydrogens (tertiary/aromatic N) is 2. The van der Waals surface area contributed by atoms with Crippen LogP contribution >= 0.6 is 50.5 Å². The van der Waals surface area contributed by atoms with Gasteiger partial charge in [0.05, 0.1) is 0 Å². The van der Waals surface area contributed by atoms with Crippen molar-refractivity contribution in [1.29, 1.82) is 0 Å². The van der Waals surface area contributed by atoms with E-state index < -0.39 is 5.20 Å². The van der Waals surface area contributed by atoms with Crippen LogP contribution in [0.1, 0.15) is 24.2 Å². The number of aromatic nitrogens is 2.